The van der Waals surface area contributed by atoms with Crippen molar-refractivity contribution in [1.29, 1.82) is 0 Å². The Morgan fingerprint density at radius 2 is 1.65 bits per heavy atom. The van der Waals surface area contributed by atoms with Crippen molar-refractivity contribution in [2.45, 2.75) is 29.3 Å². The predicted octanol–water partition coefficient (Wildman–Crippen LogP) is 5.86. The Bertz CT molecular complexity index is 1150. The van der Waals surface area contributed by atoms with Crippen LogP contribution in [0.15, 0.2) is 64.5 Å². The van der Waals surface area contributed by atoms with Gasteiger partial charge in [0.1, 0.15) is 5.82 Å². The van der Waals surface area contributed by atoms with E-state index in [1.165, 1.54) is 24.3 Å². The van der Waals surface area contributed by atoms with E-state index in [0.717, 1.165) is 62.8 Å². The summed E-state index contributed by atoms with van der Waals surface area (Å²) >= 11 is 0.881. The second-order valence-corrected chi connectivity index (χ2v) is 9.31. The minimum atomic E-state index is -4.55. The molecule has 9 heteroatoms. The van der Waals surface area contributed by atoms with Crippen molar-refractivity contribution in [3.05, 3.63) is 60.3 Å². The largest absolute Gasteiger partial charge is 0.504 e. The molecule has 1 saturated heterocycles. The van der Waals surface area contributed by atoms with Gasteiger partial charge in [0.2, 0.25) is 0 Å². The van der Waals surface area contributed by atoms with E-state index >= 15 is 0 Å². The Morgan fingerprint density at radius 1 is 0.912 bits per heavy atom. The summed E-state index contributed by atoms with van der Waals surface area (Å²) in [7, 11) is 0. The number of pyridine rings is 1. The molecule has 34 heavy (non-hydrogen) atoms. The molecule has 1 aliphatic heterocycles. The molecule has 1 fully saturated rings. The van der Waals surface area contributed by atoms with Crippen molar-refractivity contribution in [2.75, 3.05) is 37.6 Å². The summed E-state index contributed by atoms with van der Waals surface area (Å²) in [5.41, 5.74) is 0.373. The standard InChI is InChI=1S/C25H26F3N3O2S/c1-2-9-30-10-12-31(13-11-30)24-15-18(7-8-29-24)17-3-6-23(20(14-17)25(26,27)28)34-19-4-5-21(32)22(33)16-19/h3-8,14-16,32-33H,2,9-13H2,1H3. The van der Waals surface area contributed by atoms with Crippen molar-refractivity contribution >= 4 is 17.6 Å². The smallest absolute Gasteiger partial charge is 0.417 e. The number of piperazine rings is 1. The number of phenolic OH excluding ortho intramolecular Hbond substituents is 2. The molecule has 0 spiro atoms. The highest BCUT2D eigenvalue weighted by Crippen LogP contribution is 2.43. The molecule has 0 bridgehead atoms. The lowest BCUT2D eigenvalue weighted by atomic mass is 10.0. The van der Waals surface area contributed by atoms with Crippen molar-refractivity contribution < 1.29 is 23.4 Å². The first kappa shape index (κ1) is 24.2. The van der Waals surface area contributed by atoms with Crippen molar-refractivity contribution in [3.63, 3.8) is 0 Å². The lowest BCUT2D eigenvalue weighted by Crippen LogP contribution is -2.46. The first-order valence-electron chi connectivity index (χ1n) is 11.1. The number of phenols is 2. The quantitative estimate of drug-likeness (QED) is 0.423. The lowest BCUT2D eigenvalue weighted by Gasteiger charge is -2.35. The average molecular weight is 490 g/mol. The fourth-order valence-electron chi connectivity index (χ4n) is 4.00. The molecule has 2 heterocycles. The predicted molar refractivity (Wildman–Crippen MR) is 128 cm³/mol. The molecule has 3 aromatic rings. The molecule has 4 rings (SSSR count). The Morgan fingerprint density at radius 3 is 2.32 bits per heavy atom. The zero-order chi connectivity index (χ0) is 24.3. The molecule has 0 unspecified atom stereocenters. The zero-order valence-corrected chi connectivity index (χ0v) is 19.5. The van der Waals surface area contributed by atoms with Crippen molar-refractivity contribution in [1.82, 2.24) is 9.88 Å². The molecule has 0 saturated carbocycles. The Labute approximate surface area is 200 Å². The van der Waals surface area contributed by atoms with Gasteiger partial charge in [-0.1, -0.05) is 24.8 Å². The van der Waals surface area contributed by atoms with Gasteiger partial charge in [0.25, 0.3) is 0 Å². The maximum absolute atomic E-state index is 13.9. The summed E-state index contributed by atoms with van der Waals surface area (Å²) in [4.78, 5) is 9.44. The molecule has 180 valence electrons. The summed E-state index contributed by atoms with van der Waals surface area (Å²) < 4.78 is 41.8. The molecule has 0 amide bonds. The average Bonchev–Trinajstić information content (AvgIpc) is 2.82. The number of aromatic nitrogens is 1. The van der Waals surface area contributed by atoms with Crippen LogP contribution in [-0.4, -0.2) is 52.8 Å². The van der Waals surface area contributed by atoms with E-state index in [0.29, 0.717) is 16.0 Å². The normalized spacial score (nSPS) is 15.0. The van der Waals surface area contributed by atoms with E-state index in [2.05, 4.69) is 21.7 Å². The second kappa shape index (κ2) is 10.1. The molecule has 0 radical (unpaired) electrons. The highest BCUT2D eigenvalue weighted by molar-refractivity contribution is 7.99. The molecule has 2 N–H and O–H groups in total. The Kier molecular flexibility index (Phi) is 7.23. The van der Waals surface area contributed by atoms with E-state index in [9.17, 15) is 23.4 Å². The fourth-order valence-corrected chi connectivity index (χ4v) is 4.98. The van der Waals surface area contributed by atoms with Gasteiger partial charge in [-0.25, -0.2) is 4.98 Å². The Hall–Kier alpha value is -2.91. The first-order valence-corrected chi connectivity index (χ1v) is 11.9. The number of nitrogens with zero attached hydrogens (tertiary/aromatic N) is 3. The third-order valence-corrected chi connectivity index (χ3v) is 6.84. The van der Waals surface area contributed by atoms with E-state index in [-0.39, 0.29) is 16.4 Å². The van der Waals surface area contributed by atoms with Crippen LogP contribution in [0.25, 0.3) is 11.1 Å². The van der Waals surface area contributed by atoms with Gasteiger partial charge in [-0.3, -0.25) is 4.90 Å². The maximum atomic E-state index is 13.9. The van der Waals surface area contributed by atoms with Gasteiger partial charge in [-0.05, 0) is 66.6 Å². The van der Waals surface area contributed by atoms with Gasteiger partial charge in [0, 0.05) is 42.2 Å². The van der Waals surface area contributed by atoms with Gasteiger partial charge in [0.05, 0.1) is 5.56 Å². The van der Waals surface area contributed by atoms with Crippen LogP contribution in [0.5, 0.6) is 11.5 Å². The Balaban J connectivity index is 1.60. The highest BCUT2D eigenvalue weighted by Gasteiger charge is 2.34. The van der Waals surface area contributed by atoms with Gasteiger partial charge >= 0.3 is 6.18 Å². The molecular weight excluding hydrogens is 463 g/mol. The SMILES string of the molecule is CCCN1CCN(c2cc(-c3ccc(Sc4ccc(O)c(O)c4)c(C(F)(F)F)c3)ccn2)CC1. The van der Waals surface area contributed by atoms with E-state index in [1.54, 1.807) is 18.3 Å². The number of halogens is 3. The summed E-state index contributed by atoms with van der Waals surface area (Å²) in [5, 5.41) is 19.1. The third-order valence-electron chi connectivity index (χ3n) is 5.77. The fraction of sp³-hybridized carbons (Fsp3) is 0.320. The van der Waals surface area contributed by atoms with Crippen LogP contribution in [0.1, 0.15) is 18.9 Å². The molecule has 1 aromatic heterocycles. The number of benzene rings is 2. The van der Waals surface area contributed by atoms with Crippen LogP contribution in [-0.2, 0) is 6.18 Å². The number of anilines is 1. The molecule has 5 nitrogen and oxygen atoms in total. The summed E-state index contributed by atoms with van der Waals surface area (Å²) in [5.74, 6) is 0.0614. The molecule has 1 aliphatic rings. The number of aromatic hydroxyl groups is 2. The van der Waals surface area contributed by atoms with Gasteiger partial charge in [-0.15, -0.1) is 0 Å². The molecule has 0 atom stereocenters. The van der Waals surface area contributed by atoms with Gasteiger partial charge in [0.15, 0.2) is 11.5 Å². The lowest BCUT2D eigenvalue weighted by molar-refractivity contribution is -0.139. The van der Waals surface area contributed by atoms with Crippen molar-refractivity contribution in [2.24, 2.45) is 0 Å². The highest BCUT2D eigenvalue weighted by atomic mass is 32.2. The second-order valence-electron chi connectivity index (χ2n) is 8.19. The third kappa shape index (κ3) is 5.59. The molecule has 0 aliphatic carbocycles. The van der Waals surface area contributed by atoms with Crippen LogP contribution >= 0.6 is 11.8 Å². The monoisotopic (exact) mass is 489 g/mol. The van der Waals surface area contributed by atoms with E-state index < -0.39 is 11.7 Å². The van der Waals surface area contributed by atoms with Gasteiger partial charge in [-0.2, -0.15) is 13.2 Å². The number of rotatable bonds is 6. The maximum Gasteiger partial charge on any atom is 0.417 e. The zero-order valence-electron chi connectivity index (χ0n) is 18.7. The number of hydrogen-bond acceptors (Lipinski definition) is 6. The molecule has 2 aromatic carbocycles. The topological polar surface area (TPSA) is 59.8 Å². The summed E-state index contributed by atoms with van der Waals surface area (Å²) in [6, 6.07) is 11.8. The van der Waals surface area contributed by atoms with Crippen LogP contribution < -0.4 is 4.90 Å². The first-order chi connectivity index (χ1) is 16.2. The van der Waals surface area contributed by atoms with Crippen LogP contribution in [0.2, 0.25) is 0 Å². The minimum absolute atomic E-state index is 0.0164. The van der Waals surface area contributed by atoms with E-state index in [4.69, 9.17) is 0 Å². The van der Waals surface area contributed by atoms with Crippen LogP contribution in [0.4, 0.5) is 19.0 Å². The number of alkyl halides is 3. The van der Waals surface area contributed by atoms with Crippen LogP contribution in [0.3, 0.4) is 0 Å². The van der Waals surface area contributed by atoms with E-state index in [1.807, 2.05) is 6.07 Å². The summed E-state index contributed by atoms with van der Waals surface area (Å²) in [6.07, 6.45) is -1.81. The summed E-state index contributed by atoms with van der Waals surface area (Å²) in [6.45, 7) is 6.77. The van der Waals surface area contributed by atoms with Gasteiger partial charge < -0.3 is 15.1 Å². The number of hydrogen-bond donors (Lipinski definition) is 2. The minimum Gasteiger partial charge on any atom is -0.504 e. The van der Waals surface area contributed by atoms with Crippen LogP contribution in [0, 0.1) is 0 Å². The molecular formula is C25H26F3N3O2S. The van der Waals surface area contributed by atoms with Crippen molar-refractivity contribution in [3.8, 4) is 22.6 Å².